The van der Waals surface area contributed by atoms with Crippen LogP contribution in [0.1, 0.15) is 15.9 Å². The molecule has 7 nitrogen and oxygen atoms in total. The van der Waals surface area contributed by atoms with Crippen LogP contribution in [0, 0.1) is 10.1 Å². The first-order valence-corrected chi connectivity index (χ1v) is 10.6. The van der Waals surface area contributed by atoms with Crippen molar-refractivity contribution in [3.05, 3.63) is 99.1 Å². The molecule has 0 unspecified atom stereocenters. The van der Waals surface area contributed by atoms with Crippen LogP contribution in [0.25, 0.3) is 0 Å². The lowest BCUT2D eigenvalue weighted by Crippen LogP contribution is -2.48. The summed E-state index contributed by atoms with van der Waals surface area (Å²) in [6, 6.07) is 21.5. The van der Waals surface area contributed by atoms with Crippen LogP contribution in [0.3, 0.4) is 0 Å². The quantitative estimate of drug-likeness (QED) is 0.398. The van der Waals surface area contributed by atoms with Gasteiger partial charge in [-0.05, 0) is 29.8 Å². The van der Waals surface area contributed by atoms with E-state index in [4.69, 9.17) is 16.3 Å². The smallest absolute Gasteiger partial charge is 0.271 e. The maximum absolute atomic E-state index is 13.0. The van der Waals surface area contributed by atoms with Crippen molar-refractivity contribution in [2.75, 3.05) is 31.1 Å². The van der Waals surface area contributed by atoms with Crippen LogP contribution in [0.5, 0.6) is 5.75 Å². The summed E-state index contributed by atoms with van der Waals surface area (Å²) in [5.74, 6) is 0.598. The van der Waals surface area contributed by atoms with Crippen LogP contribution in [-0.2, 0) is 6.61 Å². The molecule has 0 bridgehead atoms. The summed E-state index contributed by atoms with van der Waals surface area (Å²) in [6.45, 7) is 2.68. The maximum atomic E-state index is 13.0. The second-order valence-electron chi connectivity index (χ2n) is 7.47. The number of nitro benzene ring substituents is 1. The number of rotatable bonds is 6. The number of non-ortho nitro benzene ring substituents is 1. The van der Waals surface area contributed by atoms with Gasteiger partial charge in [-0.1, -0.05) is 48.0 Å². The largest absolute Gasteiger partial charge is 0.489 e. The highest BCUT2D eigenvalue weighted by atomic mass is 35.5. The summed E-state index contributed by atoms with van der Waals surface area (Å²) >= 11 is 6.25. The van der Waals surface area contributed by atoms with E-state index < -0.39 is 4.92 Å². The van der Waals surface area contributed by atoms with Gasteiger partial charge in [-0.3, -0.25) is 14.9 Å². The molecule has 3 aromatic carbocycles. The van der Waals surface area contributed by atoms with Crippen molar-refractivity contribution in [3.63, 3.8) is 0 Å². The number of hydrogen-bond donors (Lipinski definition) is 0. The van der Waals surface area contributed by atoms with Gasteiger partial charge in [-0.2, -0.15) is 0 Å². The van der Waals surface area contributed by atoms with Crippen molar-refractivity contribution in [2.24, 2.45) is 0 Å². The molecule has 1 fully saturated rings. The lowest BCUT2D eigenvalue weighted by Gasteiger charge is -2.36. The molecule has 0 atom stereocenters. The van der Waals surface area contributed by atoms with Crippen LogP contribution in [0.2, 0.25) is 5.02 Å². The average molecular weight is 452 g/mol. The summed E-state index contributed by atoms with van der Waals surface area (Å²) < 4.78 is 5.84. The van der Waals surface area contributed by atoms with Crippen molar-refractivity contribution in [3.8, 4) is 5.75 Å². The standard InChI is InChI=1S/C24H22ClN3O4/c25-22-16-20(28(30)31)9-10-23(22)26-11-13-27(14-12-26)24(29)19-7-4-8-21(15-19)32-17-18-5-2-1-3-6-18/h1-10,15-16H,11-14,17H2. The van der Waals surface area contributed by atoms with Crippen molar-refractivity contribution < 1.29 is 14.5 Å². The average Bonchev–Trinajstić information content (AvgIpc) is 2.83. The molecule has 1 aliphatic heterocycles. The van der Waals surface area contributed by atoms with E-state index in [0.717, 1.165) is 11.3 Å². The van der Waals surface area contributed by atoms with E-state index >= 15 is 0 Å². The van der Waals surface area contributed by atoms with Crippen LogP contribution in [0.4, 0.5) is 11.4 Å². The van der Waals surface area contributed by atoms with Crippen LogP contribution < -0.4 is 9.64 Å². The molecule has 0 spiro atoms. The molecular formula is C24H22ClN3O4. The summed E-state index contributed by atoms with van der Waals surface area (Å²) in [4.78, 5) is 27.3. The van der Waals surface area contributed by atoms with E-state index in [2.05, 4.69) is 0 Å². The number of piperazine rings is 1. The fourth-order valence-electron chi connectivity index (χ4n) is 3.66. The molecule has 0 saturated carbocycles. The van der Waals surface area contributed by atoms with Crippen molar-refractivity contribution >= 4 is 28.9 Å². The Morgan fingerprint density at radius 1 is 0.969 bits per heavy atom. The number of nitrogens with zero attached hydrogens (tertiary/aromatic N) is 3. The van der Waals surface area contributed by atoms with Gasteiger partial charge in [0.1, 0.15) is 12.4 Å². The predicted octanol–water partition coefficient (Wildman–Crippen LogP) is 4.79. The van der Waals surface area contributed by atoms with Gasteiger partial charge >= 0.3 is 0 Å². The number of anilines is 1. The highest BCUT2D eigenvalue weighted by molar-refractivity contribution is 6.33. The molecule has 164 valence electrons. The van der Waals surface area contributed by atoms with Gasteiger partial charge in [-0.15, -0.1) is 0 Å². The second-order valence-corrected chi connectivity index (χ2v) is 7.88. The lowest BCUT2D eigenvalue weighted by atomic mass is 10.1. The number of halogens is 1. The Balaban J connectivity index is 1.37. The van der Waals surface area contributed by atoms with Gasteiger partial charge in [0.15, 0.2) is 0 Å². The maximum Gasteiger partial charge on any atom is 0.271 e. The molecule has 1 amide bonds. The van der Waals surface area contributed by atoms with E-state index in [0.29, 0.717) is 49.1 Å². The molecule has 8 heteroatoms. The number of benzene rings is 3. The molecule has 32 heavy (non-hydrogen) atoms. The van der Waals surface area contributed by atoms with E-state index in [-0.39, 0.29) is 11.6 Å². The number of ether oxygens (including phenoxy) is 1. The first kappa shape index (κ1) is 21.6. The molecule has 1 aliphatic rings. The van der Waals surface area contributed by atoms with Gasteiger partial charge < -0.3 is 14.5 Å². The van der Waals surface area contributed by atoms with E-state index in [9.17, 15) is 14.9 Å². The molecule has 3 aromatic rings. The normalized spacial score (nSPS) is 13.7. The Bertz CT molecular complexity index is 1120. The van der Waals surface area contributed by atoms with E-state index in [1.807, 2.05) is 47.4 Å². The minimum absolute atomic E-state index is 0.0399. The third-order valence-corrected chi connectivity index (χ3v) is 5.68. The van der Waals surface area contributed by atoms with Gasteiger partial charge in [0.25, 0.3) is 11.6 Å². The highest BCUT2D eigenvalue weighted by Crippen LogP contribution is 2.30. The van der Waals surface area contributed by atoms with Gasteiger partial charge in [-0.25, -0.2) is 0 Å². The Morgan fingerprint density at radius 2 is 1.72 bits per heavy atom. The summed E-state index contributed by atoms with van der Waals surface area (Å²) in [5.41, 5.74) is 2.34. The highest BCUT2D eigenvalue weighted by Gasteiger charge is 2.24. The molecular weight excluding hydrogens is 430 g/mol. The third kappa shape index (κ3) is 5.00. The number of hydrogen-bond acceptors (Lipinski definition) is 5. The topological polar surface area (TPSA) is 75.9 Å². The van der Waals surface area contributed by atoms with Gasteiger partial charge in [0, 0.05) is 43.9 Å². The molecule has 0 aromatic heterocycles. The molecule has 0 N–H and O–H groups in total. The molecule has 1 heterocycles. The summed E-state index contributed by atoms with van der Waals surface area (Å²) in [7, 11) is 0. The van der Waals surface area contributed by atoms with Gasteiger partial charge in [0.05, 0.1) is 15.6 Å². The fraction of sp³-hybridized carbons (Fsp3) is 0.208. The van der Waals surface area contributed by atoms with Crippen LogP contribution in [0.15, 0.2) is 72.8 Å². The number of amides is 1. The Hall–Kier alpha value is -3.58. The zero-order chi connectivity index (χ0) is 22.5. The second kappa shape index (κ2) is 9.70. The zero-order valence-electron chi connectivity index (χ0n) is 17.3. The first-order chi connectivity index (χ1) is 15.5. The molecule has 4 rings (SSSR count). The Kier molecular flexibility index (Phi) is 6.56. The minimum Gasteiger partial charge on any atom is -0.489 e. The number of carbonyl (C=O) groups excluding carboxylic acids is 1. The molecule has 0 radical (unpaired) electrons. The van der Waals surface area contributed by atoms with Crippen LogP contribution >= 0.6 is 11.6 Å². The van der Waals surface area contributed by atoms with Crippen molar-refractivity contribution in [1.82, 2.24) is 4.90 Å². The monoisotopic (exact) mass is 451 g/mol. The minimum atomic E-state index is -0.468. The summed E-state index contributed by atoms with van der Waals surface area (Å²) in [5, 5.41) is 11.2. The van der Waals surface area contributed by atoms with Crippen molar-refractivity contribution in [2.45, 2.75) is 6.61 Å². The lowest BCUT2D eigenvalue weighted by molar-refractivity contribution is -0.384. The molecule has 1 saturated heterocycles. The van der Waals surface area contributed by atoms with E-state index in [1.165, 1.54) is 12.1 Å². The zero-order valence-corrected chi connectivity index (χ0v) is 18.1. The number of carbonyl (C=O) groups is 1. The number of nitro groups is 1. The van der Waals surface area contributed by atoms with Crippen LogP contribution in [-0.4, -0.2) is 41.9 Å². The summed E-state index contributed by atoms with van der Waals surface area (Å²) in [6.07, 6.45) is 0. The Morgan fingerprint density at radius 3 is 2.41 bits per heavy atom. The van der Waals surface area contributed by atoms with Gasteiger partial charge in [0.2, 0.25) is 0 Å². The van der Waals surface area contributed by atoms with E-state index in [1.54, 1.807) is 23.1 Å². The third-order valence-electron chi connectivity index (χ3n) is 5.38. The molecule has 0 aliphatic carbocycles. The Labute approximate surface area is 190 Å². The fourth-order valence-corrected chi connectivity index (χ4v) is 3.95. The van der Waals surface area contributed by atoms with Crippen molar-refractivity contribution in [1.29, 1.82) is 0 Å². The predicted molar refractivity (Wildman–Crippen MR) is 123 cm³/mol. The first-order valence-electron chi connectivity index (χ1n) is 10.3. The SMILES string of the molecule is O=C(c1cccc(OCc2ccccc2)c1)N1CCN(c2ccc([N+](=O)[O-])cc2Cl)CC1.